The second kappa shape index (κ2) is 10.2. The van der Waals surface area contributed by atoms with Crippen molar-refractivity contribution >= 4 is 58.5 Å². The highest BCUT2D eigenvalue weighted by atomic mass is 79.9. The quantitative estimate of drug-likeness (QED) is 0.266. The largest absolute Gasteiger partial charge is 0.378 e. The highest BCUT2D eigenvalue weighted by molar-refractivity contribution is 9.10. The molecule has 1 aliphatic heterocycles. The molecule has 1 aromatic carbocycles. The van der Waals surface area contributed by atoms with Crippen molar-refractivity contribution in [2.45, 2.75) is 33.2 Å². The van der Waals surface area contributed by atoms with E-state index in [1.807, 2.05) is 30.5 Å². The number of aryl methyl sites for hydroxylation is 1. The van der Waals surface area contributed by atoms with Crippen LogP contribution in [0.25, 0.3) is 28.2 Å². The maximum Gasteiger partial charge on any atom is 0.229 e. The van der Waals surface area contributed by atoms with Gasteiger partial charge in [-0.15, -0.1) is 0 Å². The van der Waals surface area contributed by atoms with Gasteiger partial charge in [-0.25, -0.2) is 26.8 Å². The van der Waals surface area contributed by atoms with Crippen LogP contribution in [0, 0.1) is 13.8 Å². The van der Waals surface area contributed by atoms with Gasteiger partial charge in [-0.1, -0.05) is 6.07 Å². The zero-order valence-electron chi connectivity index (χ0n) is 22.0. The number of aromatic nitrogens is 4. The Bertz CT molecular complexity index is 1780. The molecule has 0 radical (unpaired) electrons. The van der Waals surface area contributed by atoms with Gasteiger partial charge in [0.2, 0.25) is 20.0 Å². The molecule has 4 aromatic rings. The van der Waals surface area contributed by atoms with E-state index in [1.165, 1.54) is 4.31 Å². The van der Waals surface area contributed by atoms with Crippen LogP contribution in [0.4, 0.5) is 11.4 Å². The lowest BCUT2D eigenvalue weighted by atomic mass is 10.2. The van der Waals surface area contributed by atoms with Gasteiger partial charge in [0.05, 0.1) is 27.9 Å². The van der Waals surface area contributed by atoms with Crippen LogP contribution in [0.5, 0.6) is 0 Å². The molecule has 5 rings (SSSR count). The van der Waals surface area contributed by atoms with Crippen molar-refractivity contribution in [2.75, 3.05) is 35.1 Å². The monoisotopic (exact) mass is 635 g/mol. The molecule has 208 valence electrons. The van der Waals surface area contributed by atoms with E-state index in [1.54, 1.807) is 31.3 Å². The third kappa shape index (κ3) is 5.55. The Balaban J connectivity index is 1.48. The number of hydrogen-bond donors (Lipinski definition) is 3. The number of aromatic amines is 1. The fraction of sp³-hybridized carbons (Fsp3) is 0.360. The average molecular weight is 637 g/mol. The summed E-state index contributed by atoms with van der Waals surface area (Å²) in [6.07, 6.45) is 3.51. The van der Waals surface area contributed by atoms with Gasteiger partial charge < -0.3 is 14.9 Å². The lowest BCUT2D eigenvalue weighted by Gasteiger charge is -2.17. The Morgan fingerprint density at radius 3 is 2.67 bits per heavy atom. The number of anilines is 2. The number of nitrogens with one attached hydrogen (secondary N) is 3. The molecule has 11 nitrogen and oxygen atoms in total. The molecule has 39 heavy (non-hydrogen) atoms. The lowest BCUT2D eigenvalue weighted by molar-refractivity contribution is 0.476. The molecule has 0 amide bonds. The fourth-order valence-electron chi connectivity index (χ4n) is 5.01. The van der Waals surface area contributed by atoms with Crippen LogP contribution in [0.1, 0.15) is 24.7 Å². The molecule has 3 N–H and O–H groups in total. The first-order valence-electron chi connectivity index (χ1n) is 12.4. The standard InChI is InChI=1S/C25H30BrN7O4S2/c1-5-39(36,37)32-10-9-18(14-32)28-22-21(26)13-27-25-23(22)29-24(30-25)20-11-15(2)33(16(20)3)19-8-6-7-17(12-19)31-38(4,34)35/h6-8,11-13,18,31H,5,9-10,14H2,1-4H3,(H2,27,28,29,30). The summed E-state index contributed by atoms with van der Waals surface area (Å²) in [4.78, 5) is 12.7. The van der Waals surface area contributed by atoms with E-state index < -0.39 is 20.0 Å². The van der Waals surface area contributed by atoms with E-state index in [4.69, 9.17) is 4.98 Å². The Labute approximate surface area is 236 Å². The van der Waals surface area contributed by atoms with Gasteiger partial charge in [-0.2, -0.15) is 4.31 Å². The first-order valence-corrected chi connectivity index (χ1v) is 16.7. The summed E-state index contributed by atoms with van der Waals surface area (Å²) in [6, 6.07) is 9.19. The van der Waals surface area contributed by atoms with Crippen molar-refractivity contribution in [2.24, 2.45) is 0 Å². The predicted molar refractivity (Wildman–Crippen MR) is 157 cm³/mol. The number of sulfonamides is 2. The molecule has 1 aliphatic rings. The molecule has 14 heteroatoms. The Morgan fingerprint density at radius 2 is 1.95 bits per heavy atom. The summed E-state index contributed by atoms with van der Waals surface area (Å²) in [7, 11) is -6.64. The van der Waals surface area contributed by atoms with Gasteiger partial charge in [0.15, 0.2) is 5.65 Å². The molecule has 0 bridgehead atoms. The number of H-pyrrole nitrogens is 1. The summed E-state index contributed by atoms with van der Waals surface area (Å²) >= 11 is 3.59. The second-order valence-corrected chi connectivity index (χ2v) is 14.6. The van der Waals surface area contributed by atoms with Gasteiger partial charge in [-0.05, 0) is 67.4 Å². The van der Waals surface area contributed by atoms with Gasteiger partial charge in [-0.3, -0.25) is 4.72 Å². The van der Waals surface area contributed by atoms with Crippen molar-refractivity contribution in [3.8, 4) is 17.1 Å². The number of hydrogen-bond acceptors (Lipinski definition) is 7. The Hall–Kier alpha value is -2.94. The molecule has 1 atom stereocenters. The van der Waals surface area contributed by atoms with E-state index in [9.17, 15) is 16.8 Å². The van der Waals surface area contributed by atoms with Gasteiger partial charge in [0.1, 0.15) is 11.3 Å². The number of rotatable bonds is 8. The zero-order valence-corrected chi connectivity index (χ0v) is 25.2. The first kappa shape index (κ1) is 27.6. The topological polar surface area (TPSA) is 142 Å². The summed E-state index contributed by atoms with van der Waals surface area (Å²) in [5.41, 5.74) is 6.11. The van der Waals surface area contributed by atoms with Crippen LogP contribution in [0.15, 0.2) is 41.0 Å². The molecule has 0 spiro atoms. The summed E-state index contributed by atoms with van der Waals surface area (Å²) in [6.45, 7) is 6.51. The minimum Gasteiger partial charge on any atom is -0.378 e. The summed E-state index contributed by atoms with van der Waals surface area (Å²) in [5, 5.41) is 3.50. The molecule has 1 unspecified atom stereocenters. The maximum absolute atomic E-state index is 12.3. The van der Waals surface area contributed by atoms with Crippen LogP contribution in [-0.2, 0) is 20.0 Å². The molecule has 3 aromatic heterocycles. The summed E-state index contributed by atoms with van der Waals surface area (Å²) < 4.78 is 54.9. The minimum absolute atomic E-state index is 0.0436. The minimum atomic E-state index is -3.40. The first-order chi connectivity index (χ1) is 18.4. The lowest BCUT2D eigenvalue weighted by Crippen LogP contribution is -2.32. The van der Waals surface area contributed by atoms with E-state index in [0.29, 0.717) is 36.7 Å². The van der Waals surface area contributed by atoms with Gasteiger partial charge in [0, 0.05) is 48.0 Å². The third-order valence-corrected chi connectivity index (χ3v) is 9.88. The van der Waals surface area contributed by atoms with Crippen molar-refractivity contribution in [3.63, 3.8) is 0 Å². The number of pyridine rings is 1. The highest BCUT2D eigenvalue weighted by Crippen LogP contribution is 2.35. The molecule has 0 saturated carbocycles. The zero-order chi connectivity index (χ0) is 28.1. The molecule has 0 aliphatic carbocycles. The number of halogens is 1. The van der Waals surface area contributed by atoms with Crippen LogP contribution >= 0.6 is 15.9 Å². The third-order valence-electron chi connectivity index (χ3n) is 6.83. The smallest absolute Gasteiger partial charge is 0.229 e. The SMILES string of the molecule is CCS(=O)(=O)N1CCC(Nc2c(Br)cnc3nc(-c4cc(C)n(-c5cccc(NS(C)(=O)=O)c5)c4C)[nH]c23)C1. The predicted octanol–water partition coefficient (Wildman–Crippen LogP) is 4.00. The average Bonchev–Trinajstić information content (AvgIpc) is 3.57. The van der Waals surface area contributed by atoms with Crippen molar-refractivity contribution in [3.05, 3.63) is 52.4 Å². The fourth-order valence-corrected chi connectivity index (χ4v) is 7.14. The normalized spacial score (nSPS) is 16.7. The van der Waals surface area contributed by atoms with E-state index in [-0.39, 0.29) is 11.8 Å². The Morgan fingerprint density at radius 1 is 1.18 bits per heavy atom. The molecule has 1 saturated heterocycles. The van der Waals surface area contributed by atoms with Gasteiger partial charge in [0.25, 0.3) is 0 Å². The van der Waals surface area contributed by atoms with Crippen LogP contribution in [-0.4, -0.2) is 71.8 Å². The van der Waals surface area contributed by atoms with Crippen molar-refractivity contribution < 1.29 is 16.8 Å². The Kier molecular flexibility index (Phi) is 7.24. The number of benzene rings is 1. The van der Waals surface area contributed by atoms with Crippen molar-refractivity contribution in [1.29, 1.82) is 0 Å². The van der Waals surface area contributed by atoms with E-state index in [0.717, 1.165) is 44.6 Å². The summed E-state index contributed by atoms with van der Waals surface area (Å²) in [5.74, 6) is 0.731. The molecule has 1 fully saturated rings. The van der Waals surface area contributed by atoms with Gasteiger partial charge >= 0.3 is 0 Å². The maximum atomic E-state index is 12.3. The molecule has 4 heterocycles. The highest BCUT2D eigenvalue weighted by Gasteiger charge is 2.31. The molecular formula is C25H30BrN7O4S2. The number of imidazole rings is 1. The van der Waals surface area contributed by atoms with Crippen molar-refractivity contribution in [1.82, 2.24) is 23.8 Å². The van der Waals surface area contributed by atoms with Crippen LogP contribution in [0.3, 0.4) is 0 Å². The van der Waals surface area contributed by atoms with E-state index in [2.05, 4.69) is 35.9 Å². The van der Waals surface area contributed by atoms with Crippen LogP contribution in [0.2, 0.25) is 0 Å². The number of nitrogens with zero attached hydrogens (tertiary/aromatic N) is 4. The number of fused-ring (bicyclic) bond motifs is 1. The van der Waals surface area contributed by atoms with Crippen LogP contribution < -0.4 is 10.0 Å². The second-order valence-electron chi connectivity index (χ2n) is 9.70. The van der Waals surface area contributed by atoms with E-state index >= 15 is 0 Å². The molecular weight excluding hydrogens is 606 g/mol.